The van der Waals surface area contributed by atoms with Crippen molar-refractivity contribution in [1.82, 2.24) is 0 Å². The number of halogens is 2. The van der Waals surface area contributed by atoms with E-state index in [0.717, 1.165) is 21.2 Å². The molecule has 1 aromatic rings. The average molecular weight is 320 g/mol. The van der Waals surface area contributed by atoms with E-state index in [0.29, 0.717) is 11.3 Å². The number of Topliss-reactive ketones (excluding diaryl/α,β-unsaturated/α-hetero) is 1. The third kappa shape index (κ3) is 2.50. The predicted molar refractivity (Wildman–Crippen MR) is 74.6 cm³/mol. The molecule has 0 amide bonds. The van der Waals surface area contributed by atoms with Crippen LogP contribution in [0.1, 0.15) is 34.0 Å². The van der Waals surface area contributed by atoms with Crippen molar-refractivity contribution in [3.05, 3.63) is 26.7 Å². The molecule has 0 N–H and O–H groups in total. The molecular weight excluding hydrogens is 303 g/mol. The Bertz CT molecular complexity index is 467. The van der Waals surface area contributed by atoms with Gasteiger partial charge < -0.3 is 4.74 Å². The number of benzene rings is 1. The zero-order valence-corrected chi connectivity index (χ0v) is 13.0. The number of methoxy groups -OCH3 is 1. The van der Waals surface area contributed by atoms with Crippen molar-refractivity contribution < 1.29 is 9.53 Å². The third-order valence-corrected chi connectivity index (χ3v) is 4.36. The third-order valence-electron chi connectivity index (χ3n) is 2.98. The molecule has 94 valence electrons. The fourth-order valence-corrected chi connectivity index (χ4v) is 2.44. The summed E-state index contributed by atoms with van der Waals surface area (Å²) in [5, 5.41) is -0.559. The summed E-state index contributed by atoms with van der Waals surface area (Å²) in [6.07, 6.45) is 0. The van der Waals surface area contributed by atoms with Crippen LogP contribution in [0.5, 0.6) is 5.75 Å². The van der Waals surface area contributed by atoms with E-state index in [1.807, 2.05) is 20.8 Å². The highest BCUT2D eigenvalue weighted by Crippen LogP contribution is 2.36. The first kappa shape index (κ1) is 14.5. The van der Waals surface area contributed by atoms with E-state index in [1.54, 1.807) is 14.0 Å². The molecule has 0 heterocycles. The minimum Gasteiger partial charge on any atom is -0.496 e. The molecule has 0 spiro atoms. The van der Waals surface area contributed by atoms with Crippen molar-refractivity contribution >= 4 is 33.3 Å². The molecular formula is C13H16BrClO2. The van der Waals surface area contributed by atoms with Crippen molar-refractivity contribution in [3.63, 3.8) is 0 Å². The zero-order chi connectivity index (χ0) is 13.3. The Morgan fingerprint density at radius 2 is 1.76 bits per heavy atom. The first-order valence-electron chi connectivity index (χ1n) is 5.34. The topological polar surface area (TPSA) is 26.3 Å². The number of hydrogen-bond donors (Lipinski definition) is 0. The standard InChI is InChI=1S/C13H16BrClO2/c1-6-7(2)13(17-5)10(8(3)11(6)14)12(16)9(4)15/h9H,1-5H3. The number of ketones is 1. The summed E-state index contributed by atoms with van der Waals surface area (Å²) >= 11 is 9.40. The van der Waals surface area contributed by atoms with E-state index >= 15 is 0 Å². The summed E-state index contributed by atoms with van der Waals surface area (Å²) in [5.41, 5.74) is 3.50. The minimum atomic E-state index is -0.559. The molecule has 0 aliphatic rings. The average Bonchev–Trinajstić information content (AvgIpc) is 2.29. The number of hydrogen-bond acceptors (Lipinski definition) is 2. The van der Waals surface area contributed by atoms with Crippen LogP contribution >= 0.6 is 27.5 Å². The second-order valence-corrected chi connectivity index (χ2v) is 5.53. The van der Waals surface area contributed by atoms with Gasteiger partial charge in [-0.15, -0.1) is 11.6 Å². The maximum atomic E-state index is 12.1. The molecule has 0 fully saturated rings. The summed E-state index contributed by atoms with van der Waals surface area (Å²) < 4.78 is 6.30. The normalized spacial score (nSPS) is 12.4. The Morgan fingerprint density at radius 1 is 1.24 bits per heavy atom. The number of carbonyl (C=O) groups excluding carboxylic acids is 1. The molecule has 17 heavy (non-hydrogen) atoms. The Kier molecular flexibility index (Phi) is 4.62. The molecule has 2 nitrogen and oxygen atoms in total. The molecule has 1 rings (SSSR count). The molecule has 1 aromatic carbocycles. The van der Waals surface area contributed by atoms with Gasteiger partial charge in [-0.05, 0) is 44.4 Å². The zero-order valence-electron chi connectivity index (χ0n) is 10.6. The van der Waals surface area contributed by atoms with Crippen LogP contribution in [0.25, 0.3) is 0 Å². The van der Waals surface area contributed by atoms with Gasteiger partial charge in [0.2, 0.25) is 0 Å². The maximum Gasteiger partial charge on any atom is 0.184 e. The van der Waals surface area contributed by atoms with Crippen molar-refractivity contribution in [1.29, 1.82) is 0 Å². The van der Waals surface area contributed by atoms with Crippen LogP contribution in [0.3, 0.4) is 0 Å². The van der Waals surface area contributed by atoms with Gasteiger partial charge in [0, 0.05) is 4.47 Å². The number of ether oxygens (including phenoxy) is 1. The SMILES string of the molecule is COc1c(C)c(C)c(Br)c(C)c1C(=O)C(C)Cl. The fraction of sp³-hybridized carbons (Fsp3) is 0.462. The highest BCUT2D eigenvalue weighted by atomic mass is 79.9. The van der Waals surface area contributed by atoms with Gasteiger partial charge in [0.15, 0.2) is 5.78 Å². The first-order chi connectivity index (χ1) is 7.82. The fourth-order valence-electron chi connectivity index (χ4n) is 1.83. The molecule has 0 aromatic heterocycles. The summed E-state index contributed by atoms with van der Waals surface area (Å²) in [6, 6.07) is 0. The van der Waals surface area contributed by atoms with Gasteiger partial charge in [0.05, 0.1) is 18.1 Å². The Hall–Kier alpha value is -0.540. The molecule has 0 saturated heterocycles. The smallest absolute Gasteiger partial charge is 0.184 e. The maximum absolute atomic E-state index is 12.1. The second kappa shape index (κ2) is 5.40. The van der Waals surface area contributed by atoms with Gasteiger partial charge in [0.1, 0.15) is 5.75 Å². The van der Waals surface area contributed by atoms with Crippen molar-refractivity contribution in [2.75, 3.05) is 7.11 Å². The van der Waals surface area contributed by atoms with Crippen LogP contribution in [-0.2, 0) is 0 Å². The van der Waals surface area contributed by atoms with E-state index in [9.17, 15) is 4.79 Å². The number of alkyl halides is 1. The molecule has 0 aliphatic heterocycles. The lowest BCUT2D eigenvalue weighted by Gasteiger charge is -2.18. The Balaban J connectivity index is 3.64. The summed E-state index contributed by atoms with van der Waals surface area (Å²) in [6.45, 7) is 7.50. The number of rotatable bonds is 3. The van der Waals surface area contributed by atoms with E-state index in [4.69, 9.17) is 16.3 Å². The molecule has 0 aliphatic carbocycles. The van der Waals surface area contributed by atoms with Gasteiger partial charge >= 0.3 is 0 Å². The quantitative estimate of drug-likeness (QED) is 0.617. The summed E-state index contributed by atoms with van der Waals surface area (Å²) in [7, 11) is 1.57. The second-order valence-electron chi connectivity index (χ2n) is 4.08. The van der Waals surface area contributed by atoms with Gasteiger partial charge in [0.25, 0.3) is 0 Å². The lowest BCUT2D eigenvalue weighted by atomic mass is 9.95. The minimum absolute atomic E-state index is 0.107. The lowest BCUT2D eigenvalue weighted by Crippen LogP contribution is -2.15. The Morgan fingerprint density at radius 3 is 2.18 bits per heavy atom. The highest BCUT2D eigenvalue weighted by Gasteiger charge is 2.24. The molecule has 4 heteroatoms. The Labute approximate surface area is 115 Å². The molecule has 0 bridgehead atoms. The van der Waals surface area contributed by atoms with Crippen LogP contribution in [-0.4, -0.2) is 18.3 Å². The van der Waals surface area contributed by atoms with Crippen LogP contribution in [0, 0.1) is 20.8 Å². The molecule has 0 saturated carbocycles. The van der Waals surface area contributed by atoms with E-state index < -0.39 is 5.38 Å². The van der Waals surface area contributed by atoms with Crippen LogP contribution in [0.4, 0.5) is 0 Å². The van der Waals surface area contributed by atoms with Gasteiger partial charge in [-0.3, -0.25) is 4.79 Å². The van der Waals surface area contributed by atoms with E-state index in [-0.39, 0.29) is 5.78 Å². The van der Waals surface area contributed by atoms with Crippen molar-refractivity contribution in [2.24, 2.45) is 0 Å². The monoisotopic (exact) mass is 318 g/mol. The van der Waals surface area contributed by atoms with Crippen LogP contribution in [0.2, 0.25) is 0 Å². The van der Waals surface area contributed by atoms with E-state index in [2.05, 4.69) is 15.9 Å². The molecule has 0 radical (unpaired) electrons. The lowest BCUT2D eigenvalue weighted by molar-refractivity contribution is 0.0988. The molecule has 1 unspecified atom stereocenters. The predicted octanol–water partition coefficient (Wildman–Crippen LogP) is 4.19. The van der Waals surface area contributed by atoms with Gasteiger partial charge in [-0.2, -0.15) is 0 Å². The van der Waals surface area contributed by atoms with Crippen molar-refractivity contribution in [3.8, 4) is 5.75 Å². The van der Waals surface area contributed by atoms with Crippen LogP contribution < -0.4 is 4.74 Å². The highest BCUT2D eigenvalue weighted by molar-refractivity contribution is 9.10. The molecule has 1 atom stereocenters. The number of carbonyl (C=O) groups is 1. The first-order valence-corrected chi connectivity index (χ1v) is 6.57. The van der Waals surface area contributed by atoms with E-state index in [1.165, 1.54) is 0 Å². The van der Waals surface area contributed by atoms with Crippen LogP contribution in [0.15, 0.2) is 4.47 Å². The van der Waals surface area contributed by atoms with Gasteiger partial charge in [-0.25, -0.2) is 0 Å². The van der Waals surface area contributed by atoms with Crippen molar-refractivity contribution in [2.45, 2.75) is 33.1 Å². The summed E-state index contributed by atoms with van der Waals surface area (Å²) in [5.74, 6) is 0.519. The van der Waals surface area contributed by atoms with Gasteiger partial charge in [-0.1, -0.05) is 15.9 Å². The summed E-state index contributed by atoms with van der Waals surface area (Å²) in [4.78, 5) is 12.1. The largest absolute Gasteiger partial charge is 0.496 e.